The number of ether oxygens (including phenoxy) is 1. The van der Waals surface area contributed by atoms with E-state index in [1.54, 1.807) is 0 Å². The van der Waals surface area contributed by atoms with Gasteiger partial charge in [0, 0.05) is 17.4 Å². The van der Waals surface area contributed by atoms with Gasteiger partial charge in [-0.2, -0.15) is 4.98 Å². The average molecular weight is 303 g/mol. The van der Waals surface area contributed by atoms with E-state index in [-0.39, 0.29) is 17.8 Å². The molecule has 22 heavy (non-hydrogen) atoms. The first-order valence-corrected chi connectivity index (χ1v) is 7.16. The maximum absolute atomic E-state index is 12.1. The molecule has 0 aromatic carbocycles. The Labute approximate surface area is 126 Å². The first-order chi connectivity index (χ1) is 10.4. The molecule has 1 aliphatic rings. The zero-order valence-corrected chi connectivity index (χ0v) is 12.7. The molecule has 1 N–H and O–H groups in total. The van der Waals surface area contributed by atoms with Crippen molar-refractivity contribution in [1.82, 2.24) is 24.9 Å². The van der Waals surface area contributed by atoms with Crippen LogP contribution in [0.3, 0.4) is 0 Å². The molecule has 8 heteroatoms. The van der Waals surface area contributed by atoms with Gasteiger partial charge in [-0.05, 0) is 39.7 Å². The Morgan fingerprint density at radius 3 is 2.77 bits per heavy atom. The van der Waals surface area contributed by atoms with Gasteiger partial charge in [0.15, 0.2) is 6.10 Å². The fourth-order valence-electron chi connectivity index (χ4n) is 2.07. The lowest BCUT2D eigenvalue weighted by Gasteiger charge is -2.11. The van der Waals surface area contributed by atoms with E-state index < -0.39 is 12.1 Å². The van der Waals surface area contributed by atoms with Crippen molar-refractivity contribution >= 4 is 17.7 Å². The van der Waals surface area contributed by atoms with Crippen LogP contribution in [0, 0.1) is 13.8 Å². The Kier molecular flexibility index (Phi) is 3.51. The van der Waals surface area contributed by atoms with Gasteiger partial charge in [0.25, 0.3) is 17.5 Å². The van der Waals surface area contributed by atoms with Gasteiger partial charge in [0.05, 0.1) is 0 Å². The molecule has 1 saturated carbocycles. The largest absolute Gasteiger partial charge is 0.447 e. The van der Waals surface area contributed by atoms with Crippen molar-refractivity contribution in [1.29, 1.82) is 0 Å². The number of carbonyl (C=O) groups is 2. The Morgan fingerprint density at radius 2 is 2.09 bits per heavy atom. The normalized spacial score (nSPS) is 15.6. The van der Waals surface area contributed by atoms with E-state index in [0.29, 0.717) is 5.78 Å². The quantitative estimate of drug-likeness (QED) is 0.829. The summed E-state index contributed by atoms with van der Waals surface area (Å²) in [7, 11) is 0. The third-order valence-electron chi connectivity index (χ3n) is 3.38. The SMILES string of the molecule is Cc1cc(C)n2nc(C(=O)O[C@@H](C)C(=O)NC3CC3)nc2n1. The maximum atomic E-state index is 12.1. The summed E-state index contributed by atoms with van der Waals surface area (Å²) in [6, 6.07) is 2.06. The van der Waals surface area contributed by atoms with Crippen LogP contribution in [0.2, 0.25) is 0 Å². The molecule has 2 aromatic heterocycles. The first-order valence-electron chi connectivity index (χ1n) is 7.16. The molecule has 116 valence electrons. The number of aryl methyl sites for hydroxylation is 2. The van der Waals surface area contributed by atoms with Crippen LogP contribution < -0.4 is 5.32 Å². The molecule has 3 rings (SSSR count). The van der Waals surface area contributed by atoms with Crippen LogP contribution in [0.25, 0.3) is 5.78 Å². The Morgan fingerprint density at radius 1 is 1.36 bits per heavy atom. The number of fused-ring (bicyclic) bond motifs is 1. The number of hydrogen-bond donors (Lipinski definition) is 1. The molecule has 8 nitrogen and oxygen atoms in total. The number of hydrogen-bond acceptors (Lipinski definition) is 6. The summed E-state index contributed by atoms with van der Waals surface area (Å²) < 4.78 is 6.58. The monoisotopic (exact) mass is 303 g/mol. The predicted molar refractivity (Wildman–Crippen MR) is 76.3 cm³/mol. The highest BCUT2D eigenvalue weighted by atomic mass is 16.5. The second kappa shape index (κ2) is 5.36. The molecule has 0 spiro atoms. The summed E-state index contributed by atoms with van der Waals surface area (Å²) in [4.78, 5) is 32.1. The zero-order valence-electron chi connectivity index (χ0n) is 12.7. The molecule has 2 aromatic rings. The Bertz CT molecular complexity index is 750. The van der Waals surface area contributed by atoms with E-state index >= 15 is 0 Å². The maximum Gasteiger partial charge on any atom is 0.379 e. The third kappa shape index (κ3) is 2.90. The summed E-state index contributed by atoms with van der Waals surface area (Å²) >= 11 is 0. The number of esters is 1. The summed E-state index contributed by atoms with van der Waals surface area (Å²) in [5, 5.41) is 6.85. The predicted octanol–water partition coefficient (Wildman–Crippen LogP) is 0.565. The van der Waals surface area contributed by atoms with Crippen molar-refractivity contribution in [3.63, 3.8) is 0 Å². The lowest BCUT2D eigenvalue weighted by molar-refractivity contribution is -0.129. The minimum Gasteiger partial charge on any atom is -0.447 e. The molecule has 0 saturated heterocycles. The summed E-state index contributed by atoms with van der Waals surface area (Å²) in [6.07, 6.45) is 1.07. The van der Waals surface area contributed by atoms with Crippen molar-refractivity contribution in [3.8, 4) is 0 Å². The molecule has 1 atom stereocenters. The van der Waals surface area contributed by atoms with E-state index in [4.69, 9.17) is 4.74 Å². The van der Waals surface area contributed by atoms with Gasteiger partial charge in [-0.25, -0.2) is 14.3 Å². The fourth-order valence-corrected chi connectivity index (χ4v) is 2.07. The van der Waals surface area contributed by atoms with Gasteiger partial charge in [-0.3, -0.25) is 4.79 Å². The van der Waals surface area contributed by atoms with Gasteiger partial charge >= 0.3 is 5.97 Å². The van der Waals surface area contributed by atoms with Crippen molar-refractivity contribution < 1.29 is 14.3 Å². The molecule has 2 heterocycles. The van der Waals surface area contributed by atoms with Gasteiger partial charge in [-0.15, -0.1) is 5.10 Å². The fraction of sp³-hybridized carbons (Fsp3) is 0.500. The highest BCUT2D eigenvalue weighted by Gasteiger charge is 2.28. The van der Waals surface area contributed by atoms with Crippen molar-refractivity contribution in [2.24, 2.45) is 0 Å². The molecule has 1 aliphatic carbocycles. The minimum atomic E-state index is -0.879. The van der Waals surface area contributed by atoms with E-state index in [1.165, 1.54) is 11.4 Å². The molecule has 0 radical (unpaired) electrons. The number of nitrogens with one attached hydrogen (secondary N) is 1. The standard InChI is InChI=1S/C14H17N5O3/c1-7-6-8(2)19-14(15-7)17-11(18-19)13(21)22-9(3)12(20)16-10-4-5-10/h6,9-10H,4-5H2,1-3H3,(H,16,20)/t9-/m0/s1. The number of rotatable bonds is 4. The number of carbonyl (C=O) groups excluding carboxylic acids is 2. The molecule has 0 bridgehead atoms. The van der Waals surface area contributed by atoms with Crippen molar-refractivity contribution in [2.45, 2.75) is 45.8 Å². The molecule has 1 fully saturated rings. The van der Waals surface area contributed by atoms with Gasteiger partial charge < -0.3 is 10.1 Å². The number of nitrogens with zero attached hydrogens (tertiary/aromatic N) is 4. The van der Waals surface area contributed by atoms with Crippen molar-refractivity contribution in [3.05, 3.63) is 23.3 Å². The van der Waals surface area contributed by atoms with E-state index in [0.717, 1.165) is 24.2 Å². The molecular formula is C14H17N5O3. The second-order valence-corrected chi connectivity index (χ2v) is 5.52. The molecule has 1 amide bonds. The van der Waals surface area contributed by atoms with Gasteiger partial charge in [-0.1, -0.05) is 0 Å². The lowest BCUT2D eigenvalue weighted by Crippen LogP contribution is -2.37. The van der Waals surface area contributed by atoms with Crippen LogP contribution in [0.5, 0.6) is 0 Å². The van der Waals surface area contributed by atoms with E-state index in [1.807, 2.05) is 19.9 Å². The smallest absolute Gasteiger partial charge is 0.379 e. The Hall–Kier alpha value is -2.51. The van der Waals surface area contributed by atoms with Crippen LogP contribution in [0.15, 0.2) is 6.07 Å². The van der Waals surface area contributed by atoms with Gasteiger partial charge in [0.1, 0.15) is 0 Å². The van der Waals surface area contributed by atoms with Crippen LogP contribution >= 0.6 is 0 Å². The van der Waals surface area contributed by atoms with Crippen LogP contribution in [-0.2, 0) is 9.53 Å². The summed E-state index contributed by atoms with van der Waals surface area (Å²) in [6.45, 7) is 5.21. The van der Waals surface area contributed by atoms with Gasteiger partial charge in [0.2, 0.25) is 0 Å². The second-order valence-electron chi connectivity index (χ2n) is 5.52. The highest BCUT2D eigenvalue weighted by molar-refractivity contribution is 5.89. The molecule has 0 aliphatic heterocycles. The topological polar surface area (TPSA) is 98.5 Å². The summed E-state index contributed by atoms with van der Waals surface area (Å²) in [5.74, 6) is -0.808. The third-order valence-corrected chi connectivity index (χ3v) is 3.38. The molecule has 0 unspecified atom stereocenters. The number of amides is 1. The van der Waals surface area contributed by atoms with E-state index in [2.05, 4.69) is 20.4 Å². The highest BCUT2D eigenvalue weighted by Crippen LogP contribution is 2.18. The minimum absolute atomic E-state index is 0.104. The van der Waals surface area contributed by atoms with Crippen LogP contribution in [-0.4, -0.2) is 43.6 Å². The lowest BCUT2D eigenvalue weighted by atomic mass is 10.3. The zero-order chi connectivity index (χ0) is 15.9. The summed E-state index contributed by atoms with van der Waals surface area (Å²) in [5.41, 5.74) is 1.60. The van der Waals surface area contributed by atoms with Crippen LogP contribution in [0.4, 0.5) is 0 Å². The average Bonchev–Trinajstić information content (AvgIpc) is 3.14. The van der Waals surface area contributed by atoms with E-state index in [9.17, 15) is 9.59 Å². The van der Waals surface area contributed by atoms with Crippen molar-refractivity contribution in [2.75, 3.05) is 0 Å². The Balaban J connectivity index is 1.74. The molecular weight excluding hydrogens is 286 g/mol. The number of aromatic nitrogens is 4. The first kappa shape index (κ1) is 14.4. The van der Waals surface area contributed by atoms with Crippen LogP contribution in [0.1, 0.15) is 41.8 Å².